The fourth-order valence-electron chi connectivity index (χ4n) is 0. The van der Waals surface area contributed by atoms with Crippen molar-refractivity contribution in [3.63, 3.8) is 0 Å². The predicted molar refractivity (Wildman–Crippen MR) is 7.81 cm³/mol. The summed E-state index contributed by atoms with van der Waals surface area (Å²) in [6.07, 6.45) is 0. The molecule has 0 unspecified atom stereocenters. The molecule has 6 heteroatoms. The van der Waals surface area contributed by atoms with Crippen LogP contribution < -0.4 is 0 Å². The van der Waals surface area contributed by atoms with Gasteiger partial charge in [-0.25, -0.2) is 0 Å². The SMILES string of the molecule is [Cu+2].[Mg+2].[O-2].[O-2].[O-2].[Zn+2]. The number of rotatable bonds is 0. The molecule has 0 aliphatic heterocycles. The Balaban J connectivity index is 0. The molecule has 33 valence electrons. The minimum atomic E-state index is 0. The molecule has 0 bridgehead atoms. The monoisotopic (exact) mass is 199 g/mol. The molecule has 0 fully saturated rings. The molecular weight excluding hydrogens is 201 g/mol. The van der Waals surface area contributed by atoms with Gasteiger partial charge in [-0.2, -0.15) is 0 Å². The van der Waals surface area contributed by atoms with Crippen LogP contribution in [0, 0.1) is 0 Å². The van der Waals surface area contributed by atoms with E-state index >= 15 is 0 Å². The summed E-state index contributed by atoms with van der Waals surface area (Å²) in [6.45, 7) is 0. The van der Waals surface area contributed by atoms with E-state index in [1.54, 1.807) is 0 Å². The quantitative estimate of drug-likeness (QED) is 0.462. The fraction of sp³-hybridized carbons (Fsp3) is 0. The van der Waals surface area contributed by atoms with Crippen molar-refractivity contribution >= 4 is 23.1 Å². The topological polar surface area (TPSA) is 85.5 Å². The van der Waals surface area contributed by atoms with Crippen LogP contribution in [-0.2, 0) is 53.0 Å². The van der Waals surface area contributed by atoms with E-state index in [1.165, 1.54) is 0 Å². The van der Waals surface area contributed by atoms with Crippen molar-refractivity contribution in [2.24, 2.45) is 0 Å². The number of hydrogen-bond acceptors (Lipinski definition) is 0. The molecule has 0 aromatic carbocycles. The Hall–Kier alpha value is 1.79. The Kier molecular flexibility index (Phi) is 1330. The smallest absolute Gasteiger partial charge is 2.00 e. The second kappa shape index (κ2) is 71.1. The van der Waals surface area contributed by atoms with Crippen LogP contribution in [0.1, 0.15) is 0 Å². The van der Waals surface area contributed by atoms with Gasteiger partial charge in [0.2, 0.25) is 0 Å². The Morgan fingerprint density at radius 3 is 0.667 bits per heavy atom. The van der Waals surface area contributed by atoms with Crippen LogP contribution in [0.4, 0.5) is 0 Å². The first-order valence-corrected chi connectivity index (χ1v) is 0. The van der Waals surface area contributed by atoms with Crippen molar-refractivity contribution in [2.45, 2.75) is 0 Å². The predicted octanol–water partition coefficient (Wildman–Crippen LogP) is -0.742. The van der Waals surface area contributed by atoms with Gasteiger partial charge in [0.25, 0.3) is 0 Å². The Bertz CT molecular complexity index is 10.8. The fourth-order valence-corrected chi connectivity index (χ4v) is 0. The van der Waals surface area contributed by atoms with Gasteiger partial charge < -0.3 is 16.4 Å². The van der Waals surface area contributed by atoms with E-state index in [1.807, 2.05) is 0 Å². The molecule has 0 aliphatic rings. The zero-order valence-corrected chi connectivity index (χ0v) is 8.26. The molecule has 0 spiro atoms. The maximum absolute atomic E-state index is 0. The minimum absolute atomic E-state index is 0. The minimum Gasteiger partial charge on any atom is -2.00 e. The van der Waals surface area contributed by atoms with Crippen LogP contribution in [0.3, 0.4) is 0 Å². The Labute approximate surface area is 75.6 Å². The van der Waals surface area contributed by atoms with E-state index in [4.69, 9.17) is 0 Å². The van der Waals surface area contributed by atoms with Gasteiger partial charge in [-0.3, -0.25) is 0 Å². The van der Waals surface area contributed by atoms with Crippen molar-refractivity contribution in [3.8, 4) is 0 Å². The zero-order valence-electron chi connectivity index (χ0n) is 2.94. The normalized spacial score (nSPS) is 0. The van der Waals surface area contributed by atoms with E-state index in [2.05, 4.69) is 0 Å². The molecule has 0 saturated heterocycles. The molecule has 1 radical (unpaired) electrons. The average Bonchev–Trinajstić information content (AvgIpc) is 0. The van der Waals surface area contributed by atoms with Gasteiger partial charge in [0.1, 0.15) is 0 Å². The maximum Gasteiger partial charge on any atom is 2.00 e. The molecule has 0 rings (SSSR count). The number of hydrogen-bond donors (Lipinski definition) is 0. The molecule has 0 aromatic heterocycles. The largest absolute Gasteiger partial charge is 2.00 e. The first kappa shape index (κ1) is 112. The standard InChI is InChI=1S/Cu.Mg.3O.Zn/q2*+2;3*-2;+2. The summed E-state index contributed by atoms with van der Waals surface area (Å²) in [5, 5.41) is 0. The van der Waals surface area contributed by atoms with Crippen LogP contribution in [-0.4, -0.2) is 23.1 Å². The van der Waals surface area contributed by atoms with Gasteiger partial charge in [0, 0.05) is 0 Å². The Morgan fingerprint density at radius 2 is 0.667 bits per heavy atom. The summed E-state index contributed by atoms with van der Waals surface area (Å²) >= 11 is 0. The van der Waals surface area contributed by atoms with E-state index in [0.29, 0.717) is 0 Å². The average molecular weight is 201 g/mol. The third kappa shape index (κ3) is 41.5. The van der Waals surface area contributed by atoms with Gasteiger partial charge in [-0.1, -0.05) is 0 Å². The van der Waals surface area contributed by atoms with Gasteiger partial charge >= 0.3 is 59.6 Å². The second-order valence-corrected chi connectivity index (χ2v) is 0. The molecule has 0 aromatic rings. The second-order valence-electron chi connectivity index (χ2n) is 0. The van der Waals surface area contributed by atoms with Crippen molar-refractivity contribution in [1.29, 1.82) is 0 Å². The van der Waals surface area contributed by atoms with Crippen LogP contribution >= 0.6 is 0 Å². The first-order chi connectivity index (χ1) is 0. The summed E-state index contributed by atoms with van der Waals surface area (Å²) in [7, 11) is 0. The third-order valence-corrected chi connectivity index (χ3v) is 0. The van der Waals surface area contributed by atoms with Crippen LogP contribution in [0.25, 0.3) is 0 Å². The molecule has 0 aliphatic carbocycles. The van der Waals surface area contributed by atoms with Crippen molar-refractivity contribution in [2.75, 3.05) is 0 Å². The maximum atomic E-state index is 0. The van der Waals surface area contributed by atoms with Gasteiger partial charge in [0.15, 0.2) is 0 Å². The third-order valence-electron chi connectivity index (χ3n) is 0. The molecule has 0 atom stereocenters. The molecule has 0 saturated carbocycles. The molecule has 0 heterocycles. The summed E-state index contributed by atoms with van der Waals surface area (Å²) in [4.78, 5) is 0. The van der Waals surface area contributed by atoms with E-state index in [0.717, 1.165) is 0 Å². The first-order valence-electron chi connectivity index (χ1n) is 0. The molecular formula is CuMgO3Zn. The van der Waals surface area contributed by atoms with Gasteiger partial charge in [-0.15, -0.1) is 0 Å². The van der Waals surface area contributed by atoms with Crippen molar-refractivity contribution < 1.29 is 53.0 Å². The molecule has 6 heavy (non-hydrogen) atoms. The van der Waals surface area contributed by atoms with Crippen LogP contribution in [0.15, 0.2) is 0 Å². The Morgan fingerprint density at radius 1 is 0.667 bits per heavy atom. The van der Waals surface area contributed by atoms with Crippen molar-refractivity contribution in [3.05, 3.63) is 0 Å². The van der Waals surface area contributed by atoms with Crippen molar-refractivity contribution in [1.82, 2.24) is 0 Å². The van der Waals surface area contributed by atoms with Crippen LogP contribution in [0.2, 0.25) is 0 Å². The van der Waals surface area contributed by atoms with Crippen LogP contribution in [0.5, 0.6) is 0 Å². The summed E-state index contributed by atoms with van der Waals surface area (Å²) in [5.74, 6) is 0. The summed E-state index contributed by atoms with van der Waals surface area (Å²) in [6, 6.07) is 0. The summed E-state index contributed by atoms with van der Waals surface area (Å²) in [5.41, 5.74) is 0. The van der Waals surface area contributed by atoms with E-state index in [-0.39, 0.29) is 76.0 Å². The van der Waals surface area contributed by atoms with Gasteiger partial charge in [0.05, 0.1) is 0 Å². The molecule has 0 N–H and O–H groups in total. The molecule has 0 amide bonds. The van der Waals surface area contributed by atoms with E-state index in [9.17, 15) is 0 Å². The zero-order chi connectivity index (χ0) is 0. The summed E-state index contributed by atoms with van der Waals surface area (Å²) < 4.78 is 0. The van der Waals surface area contributed by atoms with Gasteiger partial charge in [-0.05, 0) is 0 Å². The molecule has 3 nitrogen and oxygen atoms in total. The van der Waals surface area contributed by atoms with E-state index < -0.39 is 0 Å².